The van der Waals surface area contributed by atoms with Gasteiger partial charge in [-0.25, -0.2) is 0 Å². The molecule has 23 heavy (non-hydrogen) atoms. The predicted octanol–water partition coefficient (Wildman–Crippen LogP) is 3.56. The highest BCUT2D eigenvalue weighted by molar-refractivity contribution is 5.94. The van der Waals surface area contributed by atoms with Gasteiger partial charge in [0.05, 0.1) is 13.2 Å². The lowest BCUT2D eigenvalue weighted by atomic mass is 10.0. The number of rotatable bonds is 5. The quantitative estimate of drug-likeness (QED) is 0.918. The van der Waals surface area contributed by atoms with E-state index < -0.39 is 0 Å². The van der Waals surface area contributed by atoms with E-state index in [0.717, 1.165) is 22.6 Å². The van der Waals surface area contributed by atoms with Gasteiger partial charge in [0.1, 0.15) is 5.75 Å². The molecule has 0 aromatic heterocycles. The fourth-order valence-electron chi connectivity index (χ4n) is 2.46. The van der Waals surface area contributed by atoms with E-state index in [4.69, 9.17) is 4.74 Å². The number of benzene rings is 2. The van der Waals surface area contributed by atoms with Crippen LogP contribution in [0.2, 0.25) is 0 Å². The summed E-state index contributed by atoms with van der Waals surface area (Å²) < 4.78 is 5.39. The average Bonchev–Trinajstić information content (AvgIpc) is 2.54. The Kier molecular flexibility index (Phi) is 5.27. The van der Waals surface area contributed by atoms with Gasteiger partial charge in [0.25, 0.3) is 5.91 Å². The number of methoxy groups -OCH3 is 1. The molecule has 1 amide bonds. The van der Waals surface area contributed by atoms with Gasteiger partial charge < -0.3 is 15.0 Å². The first-order valence-electron chi connectivity index (χ1n) is 7.65. The molecular formula is C19H24N2O2. The van der Waals surface area contributed by atoms with E-state index in [1.54, 1.807) is 7.11 Å². The van der Waals surface area contributed by atoms with Gasteiger partial charge in [0.2, 0.25) is 0 Å². The first-order chi connectivity index (χ1) is 10.9. The lowest BCUT2D eigenvalue weighted by Gasteiger charge is -2.18. The minimum atomic E-state index is -0.133. The van der Waals surface area contributed by atoms with Crippen molar-refractivity contribution in [1.29, 1.82) is 0 Å². The van der Waals surface area contributed by atoms with Gasteiger partial charge in [-0.15, -0.1) is 0 Å². The molecular weight excluding hydrogens is 288 g/mol. The molecule has 122 valence electrons. The van der Waals surface area contributed by atoms with E-state index in [1.807, 2.05) is 75.3 Å². The van der Waals surface area contributed by atoms with Crippen LogP contribution in [0.3, 0.4) is 0 Å². The maximum absolute atomic E-state index is 12.4. The van der Waals surface area contributed by atoms with Crippen molar-refractivity contribution in [2.24, 2.45) is 0 Å². The lowest BCUT2D eigenvalue weighted by Crippen LogP contribution is -2.27. The van der Waals surface area contributed by atoms with E-state index in [2.05, 4.69) is 5.32 Å². The number of carbonyl (C=O) groups is 1. The summed E-state index contributed by atoms with van der Waals surface area (Å²) in [6.45, 7) is 3.99. The van der Waals surface area contributed by atoms with Crippen LogP contribution in [0.5, 0.6) is 5.75 Å². The Labute approximate surface area is 138 Å². The Hall–Kier alpha value is -2.49. The summed E-state index contributed by atoms with van der Waals surface area (Å²) in [6, 6.07) is 13.4. The number of anilines is 1. The van der Waals surface area contributed by atoms with E-state index in [1.165, 1.54) is 0 Å². The molecule has 0 aliphatic carbocycles. The topological polar surface area (TPSA) is 41.6 Å². The average molecular weight is 312 g/mol. The zero-order valence-corrected chi connectivity index (χ0v) is 14.4. The smallest absolute Gasteiger partial charge is 0.251 e. The summed E-state index contributed by atoms with van der Waals surface area (Å²) in [5.74, 6) is 0.692. The van der Waals surface area contributed by atoms with Crippen molar-refractivity contribution in [3.05, 3.63) is 59.2 Å². The third-order valence-corrected chi connectivity index (χ3v) is 3.85. The van der Waals surface area contributed by atoms with Crippen molar-refractivity contribution < 1.29 is 9.53 Å². The van der Waals surface area contributed by atoms with Crippen LogP contribution < -0.4 is 15.0 Å². The number of hydrogen-bond donors (Lipinski definition) is 1. The molecule has 2 rings (SSSR count). The molecule has 0 heterocycles. The van der Waals surface area contributed by atoms with E-state index in [-0.39, 0.29) is 11.9 Å². The summed E-state index contributed by atoms with van der Waals surface area (Å²) in [6.07, 6.45) is 0. The lowest BCUT2D eigenvalue weighted by molar-refractivity contribution is 0.0939. The number of aryl methyl sites for hydroxylation is 1. The van der Waals surface area contributed by atoms with E-state index in [9.17, 15) is 4.79 Å². The zero-order valence-electron chi connectivity index (χ0n) is 14.4. The van der Waals surface area contributed by atoms with Gasteiger partial charge in [-0.3, -0.25) is 4.79 Å². The Morgan fingerprint density at radius 3 is 2.35 bits per heavy atom. The van der Waals surface area contributed by atoms with Crippen LogP contribution in [0, 0.1) is 6.92 Å². The Balaban J connectivity index is 2.15. The van der Waals surface area contributed by atoms with E-state index in [0.29, 0.717) is 5.56 Å². The standard InChI is InChI=1S/C19H24N2O2/c1-13-6-11-18(23-5)17(12-13)14(2)20-19(22)15-7-9-16(10-8-15)21(3)4/h6-12,14H,1-5H3,(H,20,22)/t14-/m0/s1. The maximum atomic E-state index is 12.4. The fraction of sp³-hybridized carbons (Fsp3) is 0.316. The molecule has 1 atom stereocenters. The summed E-state index contributed by atoms with van der Waals surface area (Å²) in [4.78, 5) is 14.4. The second-order valence-electron chi connectivity index (χ2n) is 5.88. The minimum Gasteiger partial charge on any atom is -0.496 e. The molecule has 0 unspecified atom stereocenters. The Morgan fingerprint density at radius 2 is 1.78 bits per heavy atom. The summed E-state index contributed by atoms with van der Waals surface area (Å²) in [5.41, 5.74) is 3.83. The molecule has 1 N–H and O–H groups in total. The van der Waals surface area contributed by atoms with Crippen molar-refractivity contribution in [1.82, 2.24) is 5.32 Å². The SMILES string of the molecule is COc1ccc(C)cc1[C@H](C)NC(=O)c1ccc(N(C)C)cc1. The molecule has 2 aromatic carbocycles. The summed E-state index contributed by atoms with van der Waals surface area (Å²) >= 11 is 0. The van der Waals surface area contributed by atoms with Crippen molar-refractivity contribution in [3.8, 4) is 5.75 Å². The summed E-state index contributed by atoms with van der Waals surface area (Å²) in [7, 11) is 5.59. The van der Waals surface area contributed by atoms with Gasteiger partial charge in [-0.05, 0) is 44.2 Å². The largest absolute Gasteiger partial charge is 0.496 e. The van der Waals surface area contributed by atoms with Gasteiger partial charge >= 0.3 is 0 Å². The van der Waals surface area contributed by atoms with Gasteiger partial charge in [0.15, 0.2) is 0 Å². The Morgan fingerprint density at radius 1 is 1.13 bits per heavy atom. The first kappa shape index (κ1) is 16.9. The van der Waals surface area contributed by atoms with Crippen LogP contribution in [0.1, 0.15) is 34.5 Å². The van der Waals surface area contributed by atoms with Crippen LogP contribution in [-0.4, -0.2) is 27.1 Å². The van der Waals surface area contributed by atoms with Gasteiger partial charge in [-0.2, -0.15) is 0 Å². The monoisotopic (exact) mass is 312 g/mol. The molecule has 0 spiro atoms. The highest BCUT2D eigenvalue weighted by Crippen LogP contribution is 2.26. The van der Waals surface area contributed by atoms with Crippen LogP contribution in [-0.2, 0) is 0 Å². The number of amides is 1. The van der Waals surface area contributed by atoms with Crippen LogP contribution in [0.15, 0.2) is 42.5 Å². The molecule has 0 saturated heterocycles. The second-order valence-corrected chi connectivity index (χ2v) is 5.88. The summed E-state index contributed by atoms with van der Waals surface area (Å²) in [5, 5.41) is 3.03. The van der Waals surface area contributed by atoms with Gasteiger partial charge in [-0.1, -0.05) is 17.7 Å². The molecule has 4 heteroatoms. The highest BCUT2D eigenvalue weighted by atomic mass is 16.5. The fourth-order valence-corrected chi connectivity index (χ4v) is 2.46. The number of carbonyl (C=O) groups excluding carboxylic acids is 1. The minimum absolute atomic E-state index is 0.0913. The van der Waals surface area contributed by atoms with Crippen molar-refractivity contribution in [2.45, 2.75) is 19.9 Å². The Bertz CT molecular complexity index is 678. The number of nitrogens with zero attached hydrogens (tertiary/aromatic N) is 1. The van der Waals surface area contributed by atoms with Crippen molar-refractivity contribution >= 4 is 11.6 Å². The van der Waals surface area contributed by atoms with Crippen LogP contribution in [0.4, 0.5) is 5.69 Å². The number of nitrogens with one attached hydrogen (secondary N) is 1. The second kappa shape index (κ2) is 7.18. The highest BCUT2D eigenvalue weighted by Gasteiger charge is 2.15. The molecule has 2 aromatic rings. The van der Waals surface area contributed by atoms with Crippen molar-refractivity contribution in [3.63, 3.8) is 0 Å². The molecule has 4 nitrogen and oxygen atoms in total. The zero-order chi connectivity index (χ0) is 17.0. The van der Waals surface area contributed by atoms with E-state index >= 15 is 0 Å². The maximum Gasteiger partial charge on any atom is 0.251 e. The first-order valence-corrected chi connectivity index (χ1v) is 7.65. The van der Waals surface area contributed by atoms with Crippen LogP contribution in [0.25, 0.3) is 0 Å². The normalized spacial score (nSPS) is 11.7. The number of ether oxygens (including phenoxy) is 1. The molecule has 0 fully saturated rings. The molecule has 0 aliphatic rings. The molecule has 0 bridgehead atoms. The molecule has 0 radical (unpaired) electrons. The molecule has 0 aliphatic heterocycles. The van der Waals surface area contributed by atoms with Crippen LogP contribution >= 0.6 is 0 Å². The number of hydrogen-bond acceptors (Lipinski definition) is 3. The predicted molar refractivity (Wildman–Crippen MR) is 94.4 cm³/mol. The molecule has 0 saturated carbocycles. The third-order valence-electron chi connectivity index (χ3n) is 3.85. The third kappa shape index (κ3) is 4.03. The van der Waals surface area contributed by atoms with Gasteiger partial charge in [0, 0.05) is 30.9 Å². The van der Waals surface area contributed by atoms with Crippen molar-refractivity contribution in [2.75, 3.05) is 26.1 Å².